The Hall–Kier alpha value is -1.38. The first-order valence-electron chi connectivity index (χ1n) is 6.66. The Bertz CT molecular complexity index is 351. The van der Waals surface area contributed by atoms with Gasteiger partial charge in [0, 0.05) is 12.8 Å². The number of Topliss-reactive ketones (excluding diaryl/α,β-unsaturated/α-hetero) is 1. The third kappa shape index (κ3) is 5.80. The van der Waals surface area contributed by atoms with Gasteiger partial charge in [-0.3, -0.25) is 9.59 Å². The Labute approximate surface area is 109 Å². The topological polar surface area (TPSA) is 43.4 Å². The van der Waals surface area contributed by atoms with Crippen molar-refractivity contribution in [1.82, 2.24) is 0 Å². The van der Waals surface area contributed by atoms with Crippen molar-refractivity contribution in [2.24, 2.45) is 0 Å². The monoisotopic (exact) mass is 250 g/mol. The second kappa shape index (κ2) is 7.85. The highest BCUT2D eigenvalue weighted by Gasteiger charge is 2.12. The fourth-order valence-electron chi connectivity index (χ4n) is 1.86. The van der Waals surface area contributed by atoms with Crippen LogP contribution < -0.4 is 0 Å². The fourth-order valence-corrected chi connectivity index (χ4v) is 1.86. The molecule has 0 saturated carbocycles. The first-order valence-corrected chi connectivity index (χ1v) is 6.66. The van der Waals surface area contributed by atoms with Crippen molar-refractivity contribution in [1.29, 1.82) is 0 Å². The van der Waals surface area contributed by atoms with Gasteiger partial charge in [0.15, 0.2) is 5.78 Å². The van der Waals surface area contributed by atoms with E-state index < -0.39 is 0 Å². The van der Waals surface area contributed by atoms with Crippen molar-refractivity contribution in [2.75, 3.05) is 0 Å². The van der Waals surface area contributed by atoms with Crippen molar-refractivity contribution in [3.8, 4) is 0 Å². The van der Waals surface area contributed by atoms with Gasteiger partial charge in [-0.15, -0.1) is 0 Å². The van der Waals surface area contributed by atoms with E-state index in [0.717, 1.165) is 31.3 Å². The number of hydrogen-bond donors (Lipinski definition) is 0. The van der Waals surface area contributed by atoms with Crippen LogP contribution in [-0.2, 0) is 14.3 Å². The molecule has 0 aromatic heterocycles. The summed E-state index contributed by atoms with van der Waals surface area (Å²) in [6, 6.07) is 0. The second-order valence-electron chi connectivity index (χ2n) is 4.80. The van der Waals surface area contributed by atoms with E-state index >= 15 is 0 Å². The van der Waals surface area contributed by atoms with Crippen LogP contribution in [0.3, 0.4) is 0 Å². The molecule has 0 heterocycles. The van der Waals surface area contributed by atoms with Crippen LogP contribution >= 0.6 is 0 Å². The molecule has 0 bridgehead atoms. The van der Waals surface area contributed by atoms with Crippen molar-refractivity contribution in [3.63, 3.8) is 0 Å². The van der Waals surface area contributed by atoms with Crippen LogP contribution in [-0.4, -0.2) is 17.9 Å². The molecule has 0 N–H and O–H groups in total. The number of allylic oxidation sites excluding steroid dienone is 4. The van der Waals surface area contributed by atoms with Crippen LogP contribution in [0.15, 0.2) is 23.8 Å². The predicted octanol–water partition coefficient (Wildman–Crippen LogP) is 3.34. The number of carbonyl (C=O) groups excluding carboxylic acids is 2. The number of carbonyl (C=O) groups is 2. The number of esters is 1. The molecule has 0 unspecified atom stereocenters. The van der Waals surface area contributed by atoms with Crippen LogP contribution in [0.5, 0.6) is 0 Å². The third-order valence-electron chi connectivity index (χ3n) is 2.74. The van der Waals surface area contributed by atoms with E-state index in [2.05, 4.69) is 0 Å². The van der Waals surface area contributed by atoms with E-state index in [1.807, 2.05) is 32.1 Å². The van der Waals surface area contributed by atoms with Crippen LogP contribution in [0.1, 0.15) is 52.4 Å². The minimum Gasteiger partial charge on any atom is -0.463 e. The molecule has 18 heavy (non-hydrogen) atoms. The Balaban J connectivity index is 2.07. The molecule has 1 aliphatic carbocycles. The van der Waals surface area contributed by atoms with E-state index in [4.69, 9.17) is 4.74 Å². The number of ketones is 1. The molecule has 0 spiro atoms. The maximum absolute atomic E-state index is 11.3. The first-order chi connectivity index (χ1) is 8.59. The molecule has 1 rings (SSSR count). The lowest BCUT2D eigenvalue weighted by molar-refractivity contribution is -0.147. The van der Waals surface area contributed by atoms with E-state index in [9.17, 15) is 9.59 Å². The van der Waals surface area contributed by atoms with E-state index in [0.29, 0.717) is 12.8 Å². The van der Waals surface area contributed by atoms with Gasteiger partial charge in [0.05, 0.1) is 6.10 Å². The molecule has 0 aliphatic heterocycles. The highest BCUT2D eigenvalue weighted by atomic mass is 16.5. The van der Waals surface area contributed by atoms with E-state index in [1.165, 1.54) is 0 Å². The molecule has 0 radical (unpaired) electrons. The fraction of sp³-hybridized carbons (Fsp3) is 0.600. The van der Waals surface area contributed by atoms with Gasteiger partial charge in [-0.1, -0.05) is 18.2 Å². The van der Waals surface area contributed by atoms with Gasteiger partial charge in [-0.25, -0.2) is 0 Å². The molecule has 0 aromatic rings. The molecule has 1 aliphatic rings. The summed E-state index contributed by atoms with van der Waals surface area (Å²) in [6.45, 7) is 3.70. The average Bonchev–Trinajstić information content (AvgIpc) is 2.68. The van der Waals surface area contributed by atoms with Crippen molar-refractivity contribution in [3.05, 3.63) is 23.8 Å². The lowest BCUT2D eigenvalue weighted by Gasteiger charge is -2.06. The molecule has 100 valence electrons. The van der Waals surface area contributed by atoms with Gasteiger partial charge in [-0.2, -0.15) is 0 Å². The quantitative estimate of drug-likeness (QED) is 0.395. The predicted molar refractivity (Wildman–Crippen MR) is 71.2 cm³/mol. The zero-order valence-electron chi connectivity index (χ0n) is 11.3. The van der Waals surface area contributed by atoms with Gasteiger partial charge in [0.1, 0.15) is 0 Å². The lowest BCUT2D eigenvalue weighted by atomic mass is 10.1. The Morgan fingerprint density at radius 2 is 2.22 bits per heavy atom. The summed E-state index contributed by atoms with van der Waals surface area (Å²) in [5.74, 6) is 0.146. The number of rotatable bonds is 7. The van der Waals surface area contributed by atoms with Crippen LogP contribution in [0.2, 0.25) is 0 Å². The van der Waals surface area contributed by atoms with Gasteiger partial charge < -0.3 is 4.74 Å². The third-order valence-corrected chi connectivity index (χ3v) is 2.74. The lowest BCUT2D eigenvalue weighted by Crippen LogP contribution is -2.10. The molecular formula is C15H22O3. The summed E-state index contributed by atoms with van der Waals surface area (Å²) in [4.78, 5) is 22.6. The SMILES string of the molecule is CC(C)OC(=O)CCC/C=C\CC1=CCCC1=O. The van der Waals surface area contributed by atoms with Crippen molar-refractivity contribution >= 4 is 11.8 Å². The maximum atomic E-state index is 11.3. The summed E-state index contributed by atoms with van der Waals surface area (Å²) >= 11 is 0. The zero-order valence-corrected chi connectivity index (χ0v) is 11.3. The summed E-state index contributed by atoms with van der Waals surface area (Å²) in [6.07, 6.45) is 10.5. The minimum absolute atomic E-state index is 0.0339. The highest BCUT2D eigenvalue weighted by Crippen LogP contribution is 2.17. The molecule has 3 heteroatoms. The molecular weight excluding hydrogens is 228 g/mol. The molecule has 0 amide bonds. The summed E-state index contributed by atoms with van der Waals surface area (Å²) in [7, 11) is 0. The second-order valence-corrected chi connectivity index (χ2v) is 4.80. The first kappa shape index (κ1) is 14.7. The molecule has 0 fully saturated rings. The summed E-state index contributed by atoms with van der Waals surface area (Å²) in [5.41, 5.74) is 0.936. The average molecular weight is 250 g/mol. The number of unbranched alkanes of at least 4 members (excludes halogenated alkanes) is 1. The summed E-state index contributed by atoms with van der Waals surface area (Å²) < 4.78 is 5.04. The van der Waals surface area contributed by atoms with Gasteiger partial charge in [0.25, 0.3) is 0 Å². The maximum Gasteiger partial charge on any atom is 0.306 e. The number of ether oxygens (including phenoxy) is 1. The van der Waals surface area contributed by atoms with Gasteiger partial charge in [0.2, 0.25) is 0 Å². The van der Waals surface area contributed by atoms with Crippen LogP contribution in [0.4, 0.5) is 0 Å². The highest BCUT2D eigenvalue weighted by molar-refractivity contribution is 5.97. The standard InChI is InChI=1S/C15H22O3/c1-12(2)18-15(17)11-6-4-3-5-8-13-9-7-10-14(13)16/h3,5,9,12H,4,6-8,10-11H2,1-2H3/b5-3-. The zero-order chi connectivity index (χ0) is 13.4. The number of hydrogen-bond acceptors (Lipinski definition) is 3. The van der Waals surface area contributed by atoms with Crippen LogP contribution in [0.25, 0.3) is 0 Å². The summed E-state index contributed by atoms with van der Waals surface area (Å²) in [5, 5.41) is 0. The van der Waals surface area contributed by atoms with Gasteiger partial charge in [-0.05, 0) is 45.1 Å². The molecule has 0 saturated heterocycles. The normalized spacial score (nSPS) is 15.5. The Morgan fingerprint density at radius 3 is 2.83 bits per heavy atom. The van der Waals surface area contributed by atoms with Crippen LogP contribution in [0, 0.1) is 0 Å². The minimum atomic E-state index is -0.132. The molecule has 3 nitrogen and oxygen atoms in total. The van der Waals surface area contributed by atoms with Gasteiger partial charge >= 0.3 is 5.97 Å². The van der Waals surface area contributed by atoms with E-state index in [-0.39, 0.29) is 17.9 Å². The van der Waals surface area contributed by atoms with Crippen molar-refractivity contribution in [2.45, 2.75) is 58.5 Å². The van der Waals surface area contributed by atoms with Crippen molar-refractivity contribution < 1.29 is 14.3 Å². The Morgan fingerprint density at radius 1 is 1.44 bits per heavy atom. The smallest absolute Gasteiger partial charge is 0.306 e. The molecule has 0 atom stereocenters. The van der Waals surface area contributed by atoms with E-state index in [1.54, 1.807) is 0 Å². The molecule has 0 aromatic carbocycles. The Kier molecular flexibility index (Phi) is 6.40. The largest absolute Gasteiger partial charge is 0.463 e.